The molecule has 0 radical (unpaired) electrons. The predicted octanol–water partition coefficient (Wildman–Crippen LogP) is 4.85. The second kappa shape index (κ2) is 14.4. The van der Waals surface area contributed by atoms with Crippen LogP contribution in [-0.2, 0) is 17.6 Å². The Labute approximate surface area is 253 Å². The summed E-state index contributed by atoms with van der Waals surface area (Å²) in [6.45, 7) is 7.03. The molecular weight excluding hydrogens is 555 g/mol. The SMILES string of the molecule is CC(C)[C@@H]1CN(C[C@H](N)Cc2ccc(Cl)cc2Cl)[C@@H](CCCN=C(N)N)CN1C(=O)Cc1ccc2ccccc2c1. The van der Waals surface area contributed by atoms with Crippen LogP contribution in [0.4, 0.5) is 0 Å². The molecule has 220 valence electrons. The Bertz CT molecular complexity index is 1360. The predicted molar refractivity (Wildman–Crippen MR) is 171 cm³/mol. The lowest BCUT2D eigenvalue weighted by molar-refractivity contribution is -0.139. The van der Waals surface area contributed by atoms with E-state index in [1.165, 1.54) is 5.39 Å². The Kier molecular flexibility index (Phi) is 10.9. The highest BCUT2D eigenvalue weighted by Crippen LogP contribution is 2.27. The highest BCUT2D eigenvalue weighted by Gasteiger charge is 2.37. The molecule has 1 fully saturated rings. The molecule has 0 aliphatic carbocycles. The molecule has 9 heteroatoms. The summed E-state index contributed by atoms with van der Waals surface area (Å²) in [5, 5.41) is 3.56. The van der Waals surface area contributed by atoms with Crippen LogP contribution >= 0.6 is 23.2 Å². The van der Waals surface area contributed by atoms with Crippen molar-refractivity contribution >= 4 is 45.8 Å². The van der Waals surface area contributed by atoms with Crippen molar-refractivity contribution in [2.45, 2.75) is 57.7 Å². The van der Waals surface area contributed by atoms with Crippen molar-refractivity contribution in [1.82, 2.24) is 9.80 Å². The molecule has 3 aromatic rings. The summed E-state index contributed by atoms with van der Waals surface area (Å²) in [4.78, 5) is 22.5. The number of guanidine groups is 1. The molecular formula is C32H42Cl2N6O. The van der Waals surface area contributed by atoms with Crippen molar-refractivity contribution in [3.8, 4) is 0 Å². The van der Waals surface area contributed by atoms with Crippen LogP contribution in [0, 0.1) is 5.92 Å². The van der Waals surface area contributed by atoms with Crippen LogP contribution < -0.4 is 17.2 Å². The largest absolute Gasteiger partial charge is 0.370 e. The summed E-state index contributed by atoms with van der Waals surface area (Å²) >= 11 is 12.5. The fourth-order valence-corrected chi connectivity index (χ4v) is 6.30. The Hall–Kier alpha value is -2.84. The van der Waals surface area contributed by atoms with Crippen LogP contribution in [0.2, 0.25) is 10.0 Å². The zero-order chi connectivity index (χ0) is 29.5. The van der Waals surface area contributed by atoms with Crippen molar-refractivity contribution in [3.63, 3.8) is 0 Å². The van der Waals surface area contributed by atoms with Crippen molar-refractivity contribution in [2.24, 2.45) is 28.1 Å². The highest BCUT2D eigenvalue weighted by molar-refractivity contribution is 6.35. The summed E-state index contributed by atoms with van der Waals surface area (Å²) in [7, 11) is 0. The van der Waals surface area contributed by atoms with Crippen LogP contribution in [0.1, 0.15) is 37.8 Å². The average Bonchev–Trinajstić information content (AvgIpc) is 2.92. The molecule has 1 saturated heterocycles. The minimum Gasteiger partial charge on any atom is -0.370 e. The van der Waals surface area contributed by atoms with E-state index in [0.29, 0.717) is 48.4 Å². The minimum absolute atomic E-state index is 0.0863. The number of carbonyl (C=O) groups excluding carboxylic acids is 1. The number of aliphatic imine (C=N–C) groups is 1. The van der Waals surface area contributed by atoms with Gasteiger partial charge in [0.15, 0.2) is 5.96 Å². The van der Waals surface area contributed by atoms with E-state index in [2.05, 4.69) is 59.0 Å². The molecule has 0 unspecified atom stereocenters. The molecule has 1 aliphatic heterocycles. The zero-order valence-corrected chi connectivity index (χ0v) is 25.5. The van der Waals surface area contributed by atoms with Gasteiger partial charge in [0.05, 0.1) is 6.42 Å². The number of nitrogens with two attached hydrogens (primary N) is 3. The Morgan fingerprint density at radius 1 is 1.02 bits per heavy atom. The van der Waals surface area contributed by atoms with E-state index in [1.807, 2.05) is 24.3 Å². The molecule has 3 aromatic carbocycles. The fraction of sp³-hybridized carbons (Fsp3) is 0.438. The summed E-state index contributed by atoms with van der Waals surface area (Å²) < 4.78 is 0. The van der Waals surface area contributed by atoms with Crippen molar-refractivity contribution in [3.05, 3.63) is 81.8 Å². The maximum absolute atomic E-state index is 13.8. The molecule has 3 atom stereocenters. The van der Waals surface area contributed by atoms with Crippen molar-refractivity contribution in [2.75, 3.05) is 26.2 Å². The van der Waals surface area contributed by atoms with Gasteiger partial charge in [0, 0.05) is 54.3 Å². The first kappa shape index (κ1) is 31.1. The molecule has 1 aliphatic rings. The highest BCUT2D eigenvalue weighted by atomic mass is 35.5. The lowest BCUT2D eigenvalue weighted by Crippen LogP contribution is -2.63. The van der Waals surface area contributed by atoms with Gasteiger partial charge in [0.25, 0.3) is 0 Å². The number of nitrogens with zero attached hydrogens (tertiary/aromatic N) is 3. The van der Waals surface area contributed by atoms with Gasteiger partial charge in [0.2, 0.25) is 5.91 Å². The number of benzene rings is 3. The minimum atomic E-state index is -0.124. The van der Waals surface area contributed by atoms with Gasteiger partial charge in [-0.1, -0.05) is 85.6 Å². The first-order valence-electron chi connectivity index (χ1n) is 14.4. The number of fused-ring (bicyclic) bond motifs is 1. The maximum atomic E-state index is 13.8. The summed E-state index contributed by atoms with van der Waals surface area (Å²) in [5.74, 6) is 0.548. The molecule has 0 spiro atoms. The smallest absolute Gasteiger partial charge is 0.227 e. The molecule has 7 nitrogen and oxygen atoms in total. The number of halogens is 2. The molecule has 1 heterocycles. The van der Waals surface area contributed by atoms with Gasteiger partial charge in [-0.2, -0.15) is 0 Å². The number of amides is 1. The van der Waals surface area contributed by atoms with Crippen LogP contribution in [0.25, 0.3) is 10.8 Å². The summed E-state index contributed by atoms with van der Waals surface area (Å²) in [6.07, 6.45) is 2.69. The number of rotatable bonds is 11. The topological polar surface area (TPSA) is 114 Å². The normalized spacial score (nSPS) is 18.5. The molecule has 1 amide bonds. The van der Waals surface area contributed by atoms with Gasteiger partial charge in [-0.25, -0.2) is 0 Å². The quantitative estimate of drug-likeness (QED) is 0.166. The summed E-state index contributed by atoms with van der Waals surface area (Å²) in [5.41, 5.74) is 19.8. The Morgan fingerprint density at radius 2 is 1.78 bits per heavy atom. The second-order valence-corrected chi connectivity index (χ2v) is 12.3. The van der Waals surface area contributed by atoms with Crippen LogP contribution in [-0.4, -0.2) is 66.0 Å². The van der Waals surface area contributed by atoms with Gasteiger partial charge in [-0.3, -0.25) is 14.7 Å². The molecule has 0 saturated carbocycles. The van der Waals surface area contributed by atoms with E-state index < -0.39 is 0 Å². The van der Waals surface area contributed by atoms with Gasteiger partial charge in [-0.15, -0.1) is 0 Å². The van der Waals surface area contributed by atoms with E-state index in [0.717, 1.165) is 35.9 Å². The lowest BCUT2D eigenvalue weighted by atomic mass is 9.93. The van der Waals surface area contributed by atoms with Gasteiger partial charge >= 0.3 is 0 Å². The molecule has 6 N–H and O–H groups in total. The van der Waals surface area contributed by atoms with E-state index in [9.17, 15) is 4.79 Å². The first-order chi connectivity index (χ1) is 19.6. The van der Waals surface area contributed by atoms with Gasteiger partial charge < -0.3 is 22.1 Å². The second-order valence-electron chi connectivity index (χ2n) is 11.5. The van der Waals surface area contributed by atoms with Crippen molar-refractivity contribution in [1.29, 1.82) is 0 Å². The number of piperazine rings is 1. The molecule has 0 bridgehead atoms. The summed E-state index contributed by atoms with van der Waals surface area (Å²) in [6, 6.07) is 20.2. The molecule has 4 rings (SSSR count). The first-order valence-corrected chi connectivity index (χ1v) is 15.1. The molecule has 41 heavy (non-hydrogen) atoms. The van der Waals surface area contributed by atoms with E-state index >= 15 is 0 Å². The number of hydrogen-bond acceptors (Lipinski definition) is 4. The Morgan fingerprint density at radius 3 is 2.49 bits per heavy atom. The third kappa shape index (κ3) is 8.58. The maximum Gasteiger partial charge on any atom is 0.227 e. The monoisotopic (exact) mass is 596 g/mol. The molecule has 0 aromatic heterocycles. The lowest BCUT2D eigenvalue weighted by Gasteiger charge is -2.49. The number of carbonyl (C=O) groups is 1. The van der Waals surface area contributed by atoms with E-state index in [-0.39, 0.29) is 30.0 Å². The van der Waals surface area contributed by atoms with E-state index in [4.69, 9.17) is 40.4 Å². The van der Waals surface area contributed by atoms with Crippen LogP contribution in [0.5, 0.6) is 0 Å². The third-order valence-corrected chi connectivity index (χ3v) is 8.55. The van der Waals surface area contributed by atoms with Gasteiger partial charge in [0.1, 0.15) is 0 Å². The van der Waals surface area contributed by atoms with Crippen LogP contribution in [0.15, 0.2) is 65.7 Å². The van der Waals surface area contributed by atoms with Crippen LogP contribution in [0.3, 0.4) is 0 Å². The number of hydrogen-bond donors (Lipinski definition) is 3. The van der Waals surface area contributed by atoms with E-state index in [1.54, 1.807) is 6.07 Å². The van der Waals surface area contributed by atoms with Gasteiger partial charge in [-0.05, 0) is 59.2 Å². The average molecular weight is 598 g/mol. The standard InChI is InChI=1S/C32H42Cl2N6O/c1-21(2)30-20-39(18-27(35)16-25-11-12-26(33)17-29(25)34)28(8-5-13-38-32(36)37)19-40(30)31(41)15-22-9-10-23-6-3-4-7-24(23)14-22/h3-4,6-7,9-12,14,17,21,27-28,30H,5,8,13,15-16,18-20,35H2,1-2H3,(H4,36,37,38)/t27-,28+,30+/m1/s1. The third-order valence-electron chi connectivity index (χ3n) is 7.96. The van der Waals surface area contributed by atoms with Crippen molar-refractivity contribution < 1.29 is 4.79 Å². The zero-order valence-electron chi connectivity index (χ0n) is 24.0. The Balaban J connectivity index is 1.50. The fourth-order valence-electron chi connectivity index (χ4n) is 5.82.